The summed E-state index contributed by atoms with van der Waals surface area (Å²) in [6.07, 6.45) is -0.932. The Morgan fingerprint density at radius 2 is 2.00 bits per heavy atom. The van der Waals surface area contributed by atoms with E-state index in [0.29, 0.717) is 0 Å². The van der Waals surface area contributed by atoms with Crippen molar-refractivity contribution in [3.05, 3.63) is 48.6 Å². The van der Waals surface area contributed by atoms with E-state index in [1.54, 1.807) is 19.9 Å². The monoisotopic (exact) mass is 392 g/mol. The van der Waals surface area contributed by atoms with Gasteiger partial charge >= 0.3 is 5.97 Å². The first-order valence-electron chi connectivity index (χ1n) is 9.39. The second kappa shape index (κ2) is 8.31. The Morgan fingerprint density at radius 3 is 2.61 bits per heavy atom. The summed E-state index contributed by atoms with van der Waals surface area (Å²) in [4.78, 5) is 11.7. The average Bonchev–Trinajstić information content (AvgIpc) is 3.09. The molecule has 0 unspecified atom stereocenters. The van der Waals surface area contributed by atoms with Gasteiger partial charge in [-0.3, -0.25) is 4.79 Å². The van der Waals surface area contributed by atoms with Gasteiger partial charge in [0.1, 0.15) is 18.3 Å². The average molecular weight is 392 g/mol. The molecule has 7 heteroatoms. The van der Waals surface area contributed by atoms with Crippen molar-refractivity contribution in [2.24, 2.45) is 0 Å². The summed E-state index contributed by atoms with van der Waals surface area (Å²) in [5.41, 5.74) is -0.371. The fourth-order valence-electron chi connectivity index (χ4n) is 3.80. The summed E-state index contributed by atoms with van der Waals surface area (Å²) in [7, 11) is 0. The molecule has 28 heavy (non-hydrogen) atoms. The van der Waals surface area contributed by atoms with Crippen LogP contribution in [0.4, 0.5) is 0 Å². The van der Waals surface area contributed by atoms with Gasteiger partial charge in [0, 0.05) is 13.3 Å². The normalized spacial score (nSPS) is 31.9. The second-order valence-electron chi connectivity index (χ2n) is 7.54. The molecule has 0 saturated carbocycles. The third-order valence-electron chi connectivity index (χ3n) is 4.96. The number of carbonyl (C=O) groups excluding carboxylic acids is 1. The molecule has 1 aromatic rings. The van der Waals surface area contributed by atoms with Crippen LogP contribution in [0.1, 0.15) is 32.8 Å². The zero-order valence-corrected chi connectivity index (χ0v) is 16.5. The smallest absolute Gasteiger partial charge is 0.303 e. The number of hydrogen-bond acceptors (Lipinski definition) is 7. The minimum atomic E-state index is -1.33. The number of rotatable bonds is 8. The molecular weight excluding hydrogens is 364 g/mol. The zero-order valence-electron chi connectivity index (χ0n) is 16.5. The fourth-order valence-corrected chi connectivity index (χ4v) is 3.80. The summed E-state index contributed by atoms with van der Waals surface area (Å²) in [6.45, 7) is 8.47. The van der Waals surface area contributed by atoms with Crippen LogP contribution in [0.5, 0.6) is 0 Å². The first-order chi connectivity index (χ1) is 13.3. The molecule has 154 valence electrons. The predicted molar refractivity (Wildman–Crippen MR) is 100 cm³/mol. The van der Waals surface area contributed by atoms with Crippen molar-refractivity contribution in [3.63, 3.8) is 0 Å². The molecule has 1 N–H and O–H groups in total. The molecule has 0 aliphatic carbocycles. The van der Waals surface area contributed by atoms with Gasteiger partial charge in [0.05, 0.1) is 13.2 Å². The van der Waals surface area contributed by atoms with Crippen molar-refractivity contribution < 1.29 is 33.6 Å². The Kier molecular flexibility index (Phi) is 6.21. The van der Waals surface area contributed by atoms with Crippen LogP contribution in [0.3, 0.4) is 0 Å². The van der Waals surface area contributed by atoms with Gasteiger partial charge in [-0.05, 0) is 19.4 Å². The van der Waals surface area contributed by atoms with E-state index in [1.807, 2.05) is 30.3 Å². The molecule has 0 amide bonds. The molecule has 2 aliphatic heterocycles. The van der Waals surface area contributed by atoms with Crippen LogP contribution in [0, 0.1) is 0 Å². The highest BCUT2D eigenvalue weighted by atomic mass is 16.8. The van der Waals surface area contributed by atoms with E-state index in [9.17, 15) is 9.90 Å². The lowest BCUT2D eigenvalue weighted by Crippen LogP contribution is -2.58. The molecular formula is C21H28O7. The number of benzene rings is 1. The summed E-state index contributed by atoms with van der Waals surface area (Å²) in [5.74, 6) is -1.33. The number of carbonyl (C=O) groups is 1. The molecule has 2 aliphatic rings. The third-order valence-corrected chi connectivity index (χ3v) is 4.96. The van der Waals surface area contributed by atoms with Gasteiger partial charge in [-0.1, -0.05) is 36.4 Å². The Hall–Kier alpha value is -1.77. The van der Waals surface area contributed by atoms with Crippen LogP contribution >= 0.6 is 0 Å². The molecule has 0 bridgehead atoms. The first kappa shape index (κ1) is 21.0. The van der Waals surface area contributed by atoms with E-state index in [0.717, 1.165) is 5.56 Å². The second-order valence-corrected chi connectivity index (χ2v) is 7.54. The van der Waals surface area contributed by atoms with Crippen LogP contribution in [-0.4, -0.2) is 53.7 Å². The summed E-state index contributed by atoms with van der Waals surface area (Å²) in [6, 6.07) is 9.65. The van der Waals surface area contributed by atoms with Crippen LogP contribution in [-0.2, 0) is 35.1 Å². The minimum absolute atomic E-state index is 0.282. The van der Waals surface area contributed by atoms with Crippen molar-refractivity contribution in [3.8, 4) is 0 Å². The number of esters is 1. The van der Waals surface area contributed by atoms with Crippen molar-refractivity contribution in [2.45, 2.75) is 69.8 Å². The molecule has 0 spiro atoms. The number of ether oxygens (including phenoxy) is 5. The van der Waals surface area contributed by atoms with Crippen molar-refractivity contribution in [1.82, 2.24) is 0 Å². The summed E-state index contributed by atoms with van der Waals surface area (Å²) >= 11 is 0. The van der Waals surface area contributed by atoms with Gasteiger partial charge in [0.2, 0.25) is 0 Å². The Labute approximate surface area is 165 Å². The Bertz CT molecular complexity index is 689. The summed E-state index contributed by atoms with van der Waals surface area (Å²) in [5, 5.41) is 10.3. The van der Waals surface area contributed by atoms with Crippen LogP contribution in [0.15, 0.2) is 43.0 Å². The highest BCUT2D eigenvalue weighted by molar-refractivity contribution is 5.66. The maximum Gasteiger partial charge on any atom is 0.303 e. The minimum Gasteiger partial charge on any atom is -0.459 e. The zero-order chi connectivity index (χ0) is 20.4. The number of aliphatic hydroxyl groups excluding tert-OH is 1. The lowest BCUT2D eigenvalue weighted by molar-refractivity contribution is -0.273. The van der Waals surface area contributed by atoms with E-state index in [4.69, 9.17) is 23.7 Å². The highest BCUT2D eigenvalue weighted by Gasteiger charge is 2.65. The van der Waals surface area contributed by atoms with Crippen molar-refractivity contribution >= 4 is 5.97 Å². The van der Waals surface area contributed by atoms with E-state index in [-0.39, 0.29) is 13.0 Å². The van der Waals surface area contributed by atoms with Crippen LogP contribution < -0.4 is 0 Å². The van der Waals surface area contributed by atoms with E-state index in [2.05, 4.69) is 6.58 Å². The molecule has 2 heterocycles. The van der Waals surface area contributed by atoms with Gasteiger partial charge in [-0.25, -0.2) is 0 Å². The largest absolute Gasteiger partial charge is 0.459 e. The molecule has 5 atom stereocenters. The third kappa shape index (κ3) is 4.14. The number of aliphatic hydroxyl groups is 1. The molecule has 0 aromatic heterocycles. The maximum atomic E-state index is 11.7. The fraction of sp³-hybridized carbons (Fsp3) is 0.571. The van der Waals surface area contributed by atoms with E-state index < -0.39 is 48.6 Å². The molecule has 0 radical (unpaired) electrons. The Morgan fingerprint density at radius 1 is 1.29 bits per heavy atom. The van der Waals surface area contributed by atoms with Gasteiger partial charge in [0.25, 0.3) is 0 Å². The van der Waals surface area contributed by atoms with Crippen molar-refractivity contribution in [2.75, 3.05) is 6.61 Å². The quantitative estimate of drug-likeness (QED) is 0.537. The van der Waals surface area contributed by atoms with Crippen LogP contribution in [0.25, 0.3) is 0 Å². The first-order valence-corrected chi connectivity index (χ1v) is 9.39. The van der Waals surface area contributed by atoms with Crippen LogP contribution in [0.2, 0.25) is 0 Å². The van der Waals surface area contributed by atoms with Crippen molar-refractivity contribution in [1.29, 1.82) is 0 Å². The standard InChI is InChI=1S/C21H28O7/c1-5-9-16(25-14(2)23)21(13-22)18(24-12-15-10-7-6-8-11-15)17-19(28-21)27-20(3,4)26-17/h5-8,10-11,16-19,22H,1,9,12-13H2,2-4H3/t16-,17+,18+,19-,21+/m0/s1. The van der Waals surface area contributed by atoms with Gasteiger partial charge < -0.3 is 28.8 Å². The van der Waals surface area contributed by atoms with Gasteiger partial charge in [-0.2, -0.15) is 0 Å². The number of fused-ring (bicyclic) bond motifs is 1. The van der Waals surface area contributed by atoms with E-state index in [1.165, 1.54) is 6.92 Å². The molecule has 3 rings (SSSR count). The number of hydrogen-bond donors (Lipinski definition) is 1. The maximum absolute atomic E-state index is 11.7. The molecule has 2 saturated heterocycles. The lowest BCUT2D eigenvalue weighted by Gasteiger charge is -2.40. The topological polar surface area (TPSA) is 83.5 Å². The Balaban J connectivity index is 1.91. The predicted octanol–water partition coefficient (Wildman–Crippen LogP) is 2.32. The highest BCUT2D eigenvalue weighted by Crippen LogP contribution is 2.46. The molecule has 2 fully saturated rings. The lowest BCUT2D eigenvalue weighted by atomic mass is 9.87. The van der Waals surface area contributed by atoms with E-state index >= 15 is 0 Å². The summed E-state index contributed by atoms with van der Waals surface area (Å²) < 4.78 is 29.7. The molecule has 7 nitrogen and oxygen atoms in total. The SMILES string of the molecule is C=CC[C@H](OC(C)=O)[C@@]1(CO)O[C@@H]2OC(C)(C)O[C@@H]2[C@H]1OCc1ccccc1. The molecule has 1 aromatic carbocycles. The van der Waals surface area contributed by atoms with Gasteiger partial charge in [-0.15, -0.1) is 6.58 Å². The van der Waals surface area contributed by atoms with Gasteiger partial charge in [0.15, 0.2) is 17.7 Å².